The van der Waals surface area contributed by atoms with Crippen LogP contribution in [-0.2, 0) is 32.9 Å². The average Bonchev–Trinajstić information content (AvgIpc) is 3.39. The first-order chi connectivity index (χ1) is 17.5. The zero-order valence-electron chi connectivity index (χ0n) is 24.1. The van der Waals surface area contributed by atoms with E-state index in [9.17, 15) is 9.90 Å². The molecular formula is C29H44O8Si. The van der Waals surface area contributed by atoms with Crippen LogP contribution < -0.4 is 0 Å². The van der Waals surface area contributed by atoms with Crippen molar-refractivity contribution in [3.63, 3.8) is 0 Å². The van der Waals surface area contributed by atoms with Gasteiger partial charge in [-0.3, -0.25) is 4.79 Å². The van der Waals surface area contributed by atoms with E-state index in [1.54, 1.807) is 0 Å². The van der Waals surface area contributed by atoms with Gasteiger partial charge in [-0.2, -0.15) is 0 Å². The number of aliphatic hydroxyl groups is 1. The van der Waals surface area contributed by atoms with Gasteiger partial charge in [-0.25, -0.2) is 0 Å². The van der Waals surface area contributed by atoms with Gasteiger partial charge < -0.3 is 33.2 Å². The minimum absolute atomic E-state index is 0.0638. The Bertz CT molecular complexity index is 1050. The summed E-state index contributed by atoms with van der Waals surface area (Å²) in [5.74, 6) is -4.68. The van der Waals surface area contributed by atoms with Crippen LogP contribution in [0.5, 0.6) is 0 Å². The van der Waals surface area contributed by atoms with Crippen molar-refractivity contribution in [1.82, 2.24) is 0 Å². The van der Waals surface area contributed by atoms with Crippen molar-refractivity contribution < 1.29 is 38.0 Å². The highest BCUT2D eigenvalue weighted by Gasteiger charge is 2.72. The van der Waals surface area contributed by atoms with E-state index < -0.39 is 61.9 Å². The Morgan fingerprint density at radius 3 is 2.32 bits per heavy atom. The molecule has 1 aliphatic carbocycles. The summed E-state index contributed by atoms with van der Waals surface area (Å²) in [5.41, 5.74) is 0.672. The zero-order chi connectivity index (χ0) is 27.9. The Labute approximate surface area is 227 Å². The molecule has 8 atom stereocenters. The molecule has 1 saturated carbocycles. The van der Waals surface area contributed by atoms with Crippen LogP contribution in [0.15, 0.2) is 30.3 Å². The Morgan fingerprint density at radius 2 is 1.68 bits per heavy atom. The van der Waals surface area contributed by atoms with E-state index in [4.69, 9.17) is 28.1 Å². The molecular weight excluding hydrogens is 504 g/mol. The molecule has 0 bridgehead atoms. The zero-order valence-corrected chi connectivity index (χ0v) is 25.1. The van der Waals surface area contributed by atoms with Gasteiger partial charge in [0.1, 0.15) is 24.1 Å². The van der Waals surface area contributed by atoms with Gasteiger partial charge in [0.25, 0.3) is 0 Å². The molecule has 3 heterocycles. The number of carbonyl (C=O) groups excluding carboxylic acids is 1. The first kappa shape index (κ1) is 28.4. The maximum Gasteiger partial charge on any atom is 0.206 e. The van der Waals surface area contributed by atoms with Gasteiger partial charge in [-0.15, -0.1) is 0 Å². The van der Waals surface area contributed by atoms with Crippen LogP contribution in [0.4, 0.5) is 0 Å². The van der Waals surface area contributed by atoms with Crippen molar-refractivity contribution in [1.29, 1.82) is 0 Å². The highest BCUT2D eigenvalue weighted by Crippen LogP contribution is 2.57. The molecule has 3 saturated heterocycles. The number of hydrogen-bond acceptors (Lipinski definition) is 8. The highest BCUT2D eigenvalue weighted by molar-refractivity contribution is 6.74. The second-order valence-corrected chi connectivity index (χ2v) is 18.5. The molecule has 38 heavy (non-hydrogen) atoms. The number of ether oxygens (including phenoxy) is 5. The number of hydrogen-bond donors (Lipinski definition) is 1. The minimum atomic E-state index is -2.32. The third kappa shape index (κ3) is 4.73. The molecule has 3 aliphatic heterocycles. The number of fused-ring (bicyclic) bond motifs is 3. The van der Waals surface area contributed by atoms with Crippen LogP contribution in [0, 0.1) is 11.8 Å². The summed E-state index contributed by atoms with van der Waals surface area (Å²) in [6, 6.07) is 9.31. The van der Waals surface area contributed by atoms with Crippen LogP contribution in [0.1, 0.15) is 66.6 Å². The van der Waals surface area contributed by atoms with Crippen LogP contribution in [-0.4, -0.2) is 67.6 Å². The lowest BCUT2D eigenvalue weighted by molar-refractivity contribution is -0.320. The molecule has 0 amide bonds. The van der Waals surface area contributed by atoms with E-state index in [-0.39, 0.29) is 30.0 Å². The van der Waals surface area contributed by atoms with E-state index in [1.807, 2.05) is 58.0 Å². The van der Waals surface area contributed by atoms with E-state index in [0.29, 0.717) is 5.56 Å². The summed E-state index contributed by atoms with van der Waals surface area (Å²) < 4.78 is 39.3. The van der Waals surface area contributed by atoms with Crippen LogP contribution in [0.25, 0.3) is 0 Å². The van der Waals surface area contributed by atoms with Crippen LogP contribution in [0.3, 0.4) is 0 Å². The van der Waals surface area contributed by atoms with Gasteiger partial charge in [0, 0.05) is 6.42 Å². The molecule has 5 rings (SSSR count). The number of aliphatic hydroxyl groups excluding tert-OH is 1. The molecule has 0 aromatic heterocycles. The molecule has 0 unspecified atom stereocenters. The molecule has 1 aromatic carbocycles. The summed E-state index contributed by atoms with van der Waals surface area (Å²) in [7, 11) is -2.32. The number of rotatable bonds is 5. The Morgan fingerprint density at radius 1 is 1.03 bits per heavy atom. The quantitative estimate of drug-likeness (QED) is 0.529. The lowest BCUT2D eigenvalue weighted by Gasteiger charge is -2.49. The monoisotopic (exact) mass is 548 g/mol. The number of carbonyl (C=O) groups is 1. The SMILES string of the molecule is CC1(C)O[C@@H]2[C@@H](CO[C@@]3([C@@H]4[C@@H]([C@@H](O)c5ccccc5)C(=O)C[C@H]4O[Si](C)(C)C(C)(C)C)OC(C)(C)O[C@@H]23)O1. The first-order valence-electron chi connectivity index (χ1n) is 13.8. The molecule has 0 radical (unpaired) electrons. The summed E-state index contributed by atoms with van der Waals surface area (Å²) in [6.07, 6.45) is -2.87. The van der Waals surface area contributed by atoms with Gasteiger partial charge in [0.15, 0.2) is 19.9 Å². The molecule has 0 spiro atoms. The third-order valence-electron chi connectivity index (χ3n) is 8.97. The maximum absolute atomic E-state index is 13.8. The number of Topliss-reactive ketones (excluding diaryl/α,β-unsaturated/α-hetero) is 1. The second kappa shape index (κ2) is 9.17. The largest absolute Gasteiger partial charge is 0.413 e. The van der Waals surface area contributed by atoms with E-state index in [1.165, 1.54) is 0 Å². The average molecular weight is 549 g/mol. The Balaban J connectivity index is 1.61. The smallest absolute Gasteiger partial charge is 0.206 e. The predicted molar refractivity (Wildman–Crippen MR) is 143 cm³/mol. The van der Waals surface area contributed by atoms with Crippen molar-refractivity contribution >= 4 is 14.1 Å². The fourth-order valence-corrected chi connectivity index (χ4v) is 7.72. The third-order valence-corrected chi connectivity index (χ3v) is 13.5. The Kier molecular flexibility index (Phi) is 6.85. The predicted octanol–water partition coefficient (Wildman–Crippen LogP) is 4.71. The molecule has 1 aromatic rings. The number of ketones is 1. The lowest BCUT2D eigenvalue weighted by Crippen LogP contribution is -2.65. The molecule has 4 fully saturated rings. The summed E-state index contributed by atoms with van der Waals surface area (Å²) in [4.78, 5) is 13.8. The first-order valence-corrected chi connectivity index (χ1v) is 16.7. The van der Waals surface area contributed by atoms with Gasteiger partial charge in [-0.05, 0) is 51.4 Å². The molecule has 1 N–H and O–H groups in total. The fraction of sp³-hybridized carbons (Fsp3) is 0.759. The molecule has 4 aliphatic rings. The molecule has 9 heteroatoms. The van der Waals surface area contributed by atoms with Crippen molar-refractivity contribution in [2.45, 2.75) is 121 Å². The van der Waals surface area contributed by atoms with E-state index in [2.05, 4.69) is 33.9 Å². The lowest BCUT2D eigenvalue weighted by atomic mass is 9.76. The van der Waals surface area contributed by atoms with Crippen molar-refractivity contribution in [3.8, 4) is 0 Å². The van der Waals surface area contributed by atoms with Crippen LogP contribution >= 0.6 is 0 Å². The van der Waals surface area contributed by atoms with Gasteiger partial charge >= 0.3 is 0 Å². The van der Waals surface area contributed by atoms with E-state index >= 15 is 0 Å². The van der Waals surface area contributed by atoms with Crippen molar-refractivity contribution in [2.75, 3.05) is 6.61 Å². The standard InChI is InChI=1S/C29H44O8Si/c1-26(2,3)38(8,9)36-19-15-18(30)21(23(31)17-13-11-10-12-14-17)22(19)29-25(35-28(6,7)37-29)24-20(16-32-29)33-27(4,5)34-24/h10-14,19-25,31H,15-16H2,1-9H3/t19-,20-,21+,22+,23+,24-,25+,29+/m1/s1. The van der Waals surface area contributed by atoms with Gasteiger partial charge in [0.05, 0.1) is 30.7 Å². The van der Waals surface area contributed by atoms with E-state index in [0.717, 1.165) is 0 Å². The minimum Gasteiger partial charge on any atom is -0.413 e. The molecule has 8 nitrogen and oxygen atoms in total. The molecule has 212 valence electrons. The van der Waals surface area contributed by atoms with Crippen molar-refractivity contribution in [2.24, 2.45) is 11.8 Å². The summed E-state index contributed by atoms with van der Waals surface area (Å²) in [6.45, 7) is 18.5. The fourth-order valence-electron chi connectivity index (χ4n) is 6.38. The highest BCUT2D eigenvalue weighted by atomic mass is 28.4. The number of benzene rings is 1. The summed E-state index contributed by atoms with van der Waals surface area (Å²) >= 11 is 0. The van der Waals surface area contributed by atoms with Crippen LogP contribution in [0.2, 0.25) is 18.1 Å². The maximum atomic E-state index is 13.8. The summed E-state index contributed by atoms with van der Waals surface area (Å²) in [5, 5.41) is 11.6. The second-order valence-electron chi connectivity index (χ2n) is 13.7. The van der Waals surface area contributed by atoms with Gasteiger partial charge in [-0.1, -0.05) is 51.1 Å². The van der Waals surface area contributed by atoms with Gasteiger partial charge in [0.2, 0.25) is 5.79 Å². The Hall–Kier alpha value is -1.17. The van der Waals surface area contributed by atoms with Crippen molar-refractivity contribution in [3.05, 3.63) is 35.9 Å². The normalized spacial score (nSPS) is 39.2. The topological polar surface area (TPSA) is 92.7 Å².